The first-order valence-electron chi connectivity index (χ1n) is 7.93. The third-order valence-electron chi connectivity index (χ3n) is 3.77. The number of anilines is 4. The van der Waals surface area contributed by atoms with Gasteiger partial charge in [0.05, 0.1) is 6.20 Å². The first-order valence-corrected chi connectivity index (χ1v) is 7.93. The van der Waals surface area contributed by atoms with Gasteiger partial charge >= 0.3 is 0 Å². The summed E-state index contributed by atoms with van der Waals surface area (Å²) in [6.45, 7) is 4.12. The zero-order valence-corrected chi connectivity index (χ0v) is 13.8. The van der Waals surface area contributed by atoms with Crippen molar-refractivity contribution < 1.29 is 9.59 Å². The third kappa shape index (κ3) is 4.40. The Bertz CT molecular complexity index is 742. The van der Waals surface area contributed by atoms with Gasteiger partial charge in [-0.1, -0.05) is 0 Å². The Hall–Kier alpha value is -3.23. The Morgan fingerprint density at radius 1 is 1.12 bits per heavy atom. The second-order valence-electron chi connectivity index (χ2n) is 5.65. The fourth-order valence-electron chi connectivity index (χ4n) is 2.50. The van der Waals surface area contributed by atoms with Crippen molar-refractivity contribution in [2.75, 3.05) is 41.7 Å². The smallest absolute Gasteiger partial charge is 0.247 e. The molecule has 0 spiro atoms. The van der Waals surface area contributed by atoms with Gasteiger partial charge in [-0.2, -0.15) is 10.1 Å². The number of nitrogens with one attached hydrogen (secondary N) is 2. The van der Waals surface area contributed by atoms with Gasteiger partial charge in [-0.15, -0.1) is 5.10 Å². The Balaban J connectivity index is 1.65. The molecule has 1 aromatic heterocycles. The highest BCUT2D eigenvalue weighted by molar-refractivity contribution is 5.88. The molecular formula is C16H19N7O2. The highest BCUT2D eigenvalue weighted by Crippen LogP contribution is 2.18. The van der Waals surface area contributed by atoms with Gasteiger partial charge in [0.1, 0.15) is 0 Å². The van der Waals surface area contributed by atoms with Gasteiger partial charge in [0.2, 0.25) is 18.3 Å². The maximum atomic E-state index is 11.0. The van der Waals surface area contributed by atoms with E-state index in [0.717, 1.165) is 17.8 Å². The minimum Gasteiger partial charge on any atom is -0.342 e. The van der Waals surface area contributed by atoms with E-state index in [4.69, 9.17) is 0 Å². The fraction of sp³-hybridized carbons (Fsp3) is 0.312. The molecule has 2 amide bonds. The molecule has 1 aliphatic rings. The second kappa shape index (κ2) is 7.56. The summed E-state index contributed by atoms with van der Waals surface area (Å²) in [6, 6.07) is 7.29. The molecule has 3 rings (SSSR count). The van der Waals surface area contributed by atoms with Gasteiger partial charge in [0.25, 0.3) is 0 Å². The van der Waals surface area contributed by atoms with E-state index >= 15 is 0 Å². The van der Waals surface area contributed by atoms with Crippen LogP contribution < -0.4 is 15.5 Å². The molecule has 0 bridgehead atoms. The summed E-state index contributed by atoms with van der Waals surface area (Å²) in [7, 11) is 0. The average Bonchev–Trinajstić information content (AvgIpc) is 2.63. The minimum atomic E-state index is -0.111. The Labute approximate surface area is 145 Å². The Morgan fingerprint density at radius 3 is 2.44 bits per heavy atom. The maximum Gasteiger partial charge on any atom is 0.247 e. The molecular weight excluding hydrogens is 322 g/mol. The highest BCUT2D eigenvalue weighted by Gasteiger charge is 2.18. The number of carbonyl (C=O) groups is 2. The van der Waals surface area contributed by atoms with Crippen molar-refractivity contribution in [3.63, 3.8) is 0 Å². The average molecular weight is 341 g/mol. The van der Waals surface area contributed by atoms with E-state index in [1.807, 2.05) is 17.0 Å². The summed E-state index contributed by atoms with van der Waals surface area (Å²) >= 11 is 0. The van der Waals surface area contributed by atoms with Crippen LogP contribution in [0.5, 0.6) is 0 Å². The molecule has 25 heavy (non-hydrogen) atoms. The number of hydrogen-bond acceptors (Lipinski definition) is 7. The SMILES string of the molecule is CC(=O)Nc1ccc(Nc2cnnc(N3CCN(C=O)CC3)n2)cc1. The number of carbonyl (C=O) groups excluding carboxylic acids is 2. The lowest BCUT2D eigenvalue weighted by atomic mass is 10.3. The number of hydrogen-bond donors (Lipinski definition) is 2. The summed E-state index contributed by atoms with van der Waals surface area (Å²) in [5, 5.41) is 13.9. The first kappa shape index (κ1) is 16.6. The van der Waals surface area contributed by atoms with Gasteiger partial charge in [-0.25, -0.2) is 0 Å². The highest BCUT2D eigenvalue weighted by atomic mass is 16.1. The van der Waals surface area contributed by atoms with Crippen LogP contribution in [0.15, 0.2) is 30.5 Å². The predicted octanol–water partition coefficient (Wildman–Crippen LogP) is 0.852. The number of rotatable bonds is 5. The van der Waals surface area contributed by atoms with Crippen LogP contribution in [-0.2, 0) is 9.59 Å². The van der Waals surface area contributed by atoms with Crippen LogP contribution in [0.4, 0.5) is 23.1 Å². The van der Waals surface area contributed by atoms with Gasteiger partial charge in [0, 0.05) is 44.5 Å². The largest absolute Gasteiger partial charge is 0.342 e. The number of nitrogens with zero attached hydrogens (tertiary/aromatic N) is 5. The van der Waals surface area contributed by atoms with E-state index < -0.39 is 0 Å². The number of benzene rings is 1. The van der Waals surface area contributed by atoms with Gasteiger partial charge in [0.15, 0.2) is 5.82 Å². The quantitative estimate of drug-likeness (QED) is 0.777. The molecule has 2 N–H and O–H groups in total. The van der Waals surface area contributed by atoms with Crippen molar-refractivity contribution in [1.82, 2.24) is 20.1 Å². The van der Waals surface area contributed by atoms with E-state index in [2.05, 4.69) is 25.8 Å². The Morgan fingerprint density at radius 2 is 1.80 bits per heavy atom. The topological polar surface area (TPSA) is 103 Å². The molecule has 0 saturated carbocycles. The maximum absolute atomic E-state index is 11.0. The number of piperazine rings is 1. The molecule has 130 valence electrons. The minimum absolute atomic E-state index is 0.111. The van der Waals surface area contributed by atoms with Crippen molar-refractivity contribution in [2.24, 2.45) is 0 Å². The van der Waals surface area contributed by atoms with Crippen molar-refractivity contribution in [3.8, 4) is 0 Å². The second-order valence-corrected chi connectivity index (χ2v) is 5.65. The van der Waals surface area contributed by atoms with E-state index in [-0.39, 0.29) is 5.91 Å². The number of amides is 2. The van der Waals surface area contributed by atoms with E-state index in [0.29, 0.717) is 37.9 Å². The van der Waals surface area contributed by atoms with Crippen molar-refractivity contribution >= 4 is 35.5 Å². The Kier molecular flexibility index (Phi) is 5.03. The molecule has 1 saturated heterocycles. The monoisotopic (exact) mass is 341 g/mol. The normalized spacial score (nSPS) is 14.1. The standard InChI is InChI=1S/C16H19N7O2/c1-12(25)18-13-2-4-14(5-3-13)19-15-10-17-21-16(20-15)23-8-6-22(11-24)7-9-23/h2-5,10-11H,6-9H2,1H3,(H,18,25)(H,19,20,21). The summed E-state index contributed by atoms with van der Waals surface area (Å²) in [5.41, 5.74) is 1.55. The molecule has 2 aromatic rings. The zero-order chi connectivity index (χ0) is 17.6. The van der Waals surface area contributed by atoms with Crippen LogP contribution >= 0.6 is 0 Å². The van der Waals surface area contributed by atoms with Crippen molar-refractivity contribution in [1.29, 1.82) is 0 Å². The molecule has 1 aliphatic heterocycles. The van der Waals surface area contributed by atoms with Crippen molar-refractivity contribution in [2.45, 2.75) is 6.92 Å². The summed E-state index contributed by atoms with van der Waals surface area (Å²) in [6.07, 6.45) is 2.41. The van der Waals surface area contributed by atoms with Gasteiger partial charge in [-0.05, 0) is 24.3 Å². The van der Waals surface area contributed by atoms with Crippen LogP contribution in [-0.4, -0.2) is 58.6 Å². The van der Waals surface area contributed by atoms with Crippen molar-refractivity contribution in [3.05, 3.63) is 30.5 Å². The molecule has 1 aromatic carbocycles. The molecule has 1 fully saturated rings. The zero-order valence-electron chi connectivity index (χ0n) is 13.8. The van der Waals surface area contributed by atoms with Crippen LogP contribution in [0.3, 0.4) is 0 Å². The lowest BCUT2D eigenvalue weighted by Gasteiger charge is -2.32. The van der Waals surface area contributed by atoms with E-state index in [9.17, 15) is 9.59 Å². The molecule has 0 unspecified atom stereocenters. The molecule has 0 atom stereocenters. The van der Waals surface area contributed by atoms with Gasteiger partial charge < -0.3 is 20.4 Å². The summed E-state index contributed by atoms with van der Waals surface area (Å²) in [4.78, 5) is 30.0. The summed E-state index contributed by atoms with van der Waals surface area (Å²) < 4.78 is 0. The van der Waals surface area contributed by atoms with Crippen LogP contribution in [0.1, 0.15) is 6.92 Å². The molecule has 2 heterocycles. The lowest BCUT2D eigenvalue weighted by molar-refractivity contribution is -0.118. The predicted molar refractivity (Wildman–Crippen MR) is 93.7 cm³/mol. The van der Waals surface area contributed by atoms with Gasteiger partial charge in [-0.3, -0.25) is 9.59 Å². The lowest BCUT2D eigenvalue weighted by Crippen LogP contribution is -2.46. The molecule has 0 radical (unpaired) electrons. The first-order chi connectivity index (χ1) is 12.1. The molecule has 9 nitrogen and oxygen atoms in total. The van der Waals surface area contributed by atoms with E-state index in [1.165, 1.54) is 6.92 Å². The molecule has 9 heteroatoms. The van der Waals surface area contributed by atoms with E-state index in [1.54, 1.807) is 23.2 Å². The van der Waals surface area contributed by atoms with Crippen LogP contribution in [0.2, 0.25) is 0 Å². The third-order valence-corrected chi connectivity index (χ3v) is 3.77. The summed E-state index contributed by atoms with van der Waals surface area (Å²) in [5.74, 6) is 1.00. The fourth-order valence-corrected chi connectivity index (χ4v) is 2.50. The van der Waals surface area contributed by atoms with Crippen LogP contribution in [0.25, 0.3) is 0 Å². The van der Waals surface area contributed by atoms with Crippen LogP contribution in [0, 0.1) is 0 Å². The number of aromatic nitrogens is 3. The molecule has 0 aliphatic carbocycles.